The van der Waals surface area contributed by atoms with E-state index in [-0.39, 0.29) is 0 Å². The molecular formula is C27H50N+. The lowest BCUT2D eigenvalue weighted by Crippen LogP contribution is -2.35. The van der Waals surface area contributed by atoms with E-state index in [0.717, 1.165) is 17.3 Å². The Labute approximate surface area is 178 Å². The molecule has 1 nitrogen and oxygen atoms in total. The second-order valence-electron chi connectivity index (χ2n) is 9.42. The van der Waals surface area contributed by atoms with Gasteiger partial charge in [0.1, 0.15) is 0 Å². The monoisotopic (exact) mass is 388 g/mol. The Balaban J connectivity index is 3.24. The third-order valence-electron chi connectivity index (χ3n) is 5.28. The van der Waals surface area contributed by atoms with Gasteiger partial charge in [0.25, 0.3) is 0 Å². The summed E-state index contributed by atoms with van der Waals surface area (Å²) in [6.07, 6.45) is 24.2. The number of unbranched alkanes of at least 4 members (excludes halogenated alkanes) is 16. The molecule has 0 unspecified atom stereocenters. The summed E-state index contributed by atoms with van der Waals surface area (Å²) < 4.78 is 1.05. The molecule has 0 N–H and O–H groups in total. The Bertz CT molecular complexity index is 435. The SMILES string of the molecule is CCCCCCCCCCCCCCCCC#CC#CCCCC[N+](C)(C)C. The first kappa shape index (κ1) is 27.1. The van der Waals surface area contributed by atoms with Crippen molar-refractivity contribution < 1.29 is 4.48 Å². The molecule has 0 saturated carbocycles. The lowest BCUT2D eigenvalue weighted by molar-refractivity contribution is -0.870. The van der Waals surface area contributed by atoms with Gasteiger partial charge in [-0.15, -0.1) is 0 Å². The van der Waals surface area contributed by atoms with Crippen molar-refractivity contribution in [3.8, 4) is 23.7 Å². The van der Waals surface area contributed by atoms with E-state index < -0.39 is 0 Å². The van der Waals surface area contributed by atoms with Crippen LogP contribution in [0.3, 0.4) is 0 Å². The molecule has 0 fully saturated rings. The summed E-state index contributed by atoms with van der Waals surface area (Å²) in [7, 11) is 6.73. The van der Waals surface area contributed by atoms with Crippen LogP contribution in [0.1, 0.15) is 122 Å². The van der Waals surface area contributed by atoms with Gasteiger partial charge in [0.15, 0.2) is 0 Å². The van der Waals surface area contributed by atoms with Gasteiger partial charge in [-0.2, -0.15) is 0 Å². The molecule has 162 valence electrons. The highest BCUT2D eigenvalue weighted by molar-refractivity contribution is 5.25. The Kier molecular flexibility index (Phi) is 20.1. The number of nitrogens with zero attached hydrogens (tertiary/aromatic N) is 1. The van der Waals surface area contributed by atoms with Gasteiger partial charge in [-0.1, -0.05) is 102 Å². The van der Waals surface area contributed by atoms with Crippen LogP contribution in [0.2, 0.25) is 0 Å². The fraction of sp³-hybridized carbons (Fsp3) is 0.852. The van der Waals surface area contributed by atoms with Crippen molar-refractivity contribution in [2.24, 2.45) is 0 Å². The maximum Gasteiger partial charge on any atom is 0.0780 e. The van der Waals surface area contributed by atoms with Crippen molar-refractivity contribution >= 4 is 0 Å². The molecule has 0 aromatic carbocycles. The van der Waals surface area contributed by atoms with E-state index >= 15 is 0 Å². The third-order valence-corrected chi connectivity index (χ3v) is 5.28. The highest BCUT2D eigenvalue weighted by atomic mass is 15.3. The summed E-state index contributed by atoms with van der Waals surface area (Å²) >= 11 is 0. The molecule has 0 aliphatic carbocycles. The van der Waals surface area contributed by atoms with Gasteiger partial charge in [-0.3, -0.25) is 0 Å². The second-order valence-corrected chi connectivity index (χ2v) is 9.42. The van der Waals surface area contributed by atoms with Crippen LogP contribution in [0.15, 0.2) is 0 Å². The minimum absolute atomic E-state index is 0.994. The van der Waals surface area contributed by atoms with Crippen LogP contribution in [-0.2, 0) is 0 Å². The van der Waals surface area contributed by atoms with Gasteiger partial charge in [-0.25, -0.2) is 0 Å². The van der Waals surface area contributed by atoms with Crippen LogP contribution in [0.4, 0.5) is 0 Å². The average Bonchev–Trinajstić information content (AvgIpc) is 2.65. The molecule has 0 radical (unpaired) electrons. The molecule has 0 saturated heterocycles. The smallest absolute Gasteiger partial charge is 0.0780 e. The summed E-state index contributed by atoms with van der Waals surface area (Å²) in [4.78, 5) is 0. The summed E-state index contributed by atoms with van der Waals surface area (Å²) in [5.74, 6) is 12.5. The summed E-state index contributed by atoms with van der Waals surface area (Å²) in [6, 6.07) is 0. The van der Waals surface area contributed by atoms with Crippen LogP contribution in [0.25, 0.3) is 0 Å². The minimum Gasteiger partial charge on any atom is -0.331 e. The summed E-state index contributed by atoms with van der Waals surface area (Å²) in [5.41, 5.74) is 0. The van der Waals surface area contributed by atoms with Crippen molar-refractivity contribution in [1.29, 1.82) is 0 Å². The van der Waals surface area contributed by atoms with Crippen LogP contribution in [0, 0.1) is 23.7 Å². The molecule has 1 heteroatoms. The zero-order valence-corrected chi connectivity index (χ0v) is 19.9. The fourth-order valence-electron chi connectivity index (χ4n) is 3.42. The second kappa shape index (κ2) is 20.8. The molecule has 0 atom stereocenters. The zero-order valence-electron chi connectivity index (χ0n) is 19.9. The molecule has 0 bridgehead atoms. The van der Waals surface area contributed by atoms with Crippen molar-refractivity contribution in [2.45, 2.75) is 122 Å². The largest absolute Gasteiger partial charge is 0.331 e. The first-order chi connectivity index (χ1) is 13.6. The molecule has 0 rings (SSSR count). The van der Waals surface area contributed by atoms with E-state index in [1.54, 1.807) is 0 Å². The van der Waals surface area contributed by atoms with Crippen LogP contribution >= 0.6 is 0 Å². The van der Waals surface area contributed by atoms with Gasteiger partial charge in [0.05, 0.1) is 27.7 Å². The number of hydrogen-bond acceptors (Lipinski definition) is 0. The molecule has 0 spiro atoms. The van der Waals surface area contributed by atoms with Crippen molar-refractivity contribution in [3.63, 3.8) is 0 Å². The highest BCUT2D eigenvalue weighted by Crippen LogP contribution is 2.13. The Morgan fingerprint density at radius 2 is 0.821 bits per heavy atom. The summed E-state index contributed by atoms with van der Waals surface area (Å²) in [5, 5.41) is 0. The Hall–Kier alpha value is -0.920. The standard InChI is InChI=1S/C27H50N/c1-5-6-7-8-9-10-11-12-13-14-15-16-17-18-19-20-21-22-23-24-25-26-27-28(2,3)4/h5-19,24-27H2,1-4H3/q+1. The summed E-state index contributed by atoms with van der Waals surface area (Å²) in [6.45, 7) is 3.52. The molecule has 28 heavy (non-hydrogen) atoms. The molecule has 0 aromatic rings. The number of hydrogen-bond donors (Lipinski definition) is 0. The van der Waals surface area contributed by atoms with E-state index in [1.807, 2.05) is 0 Å². The normalized spacial score (nSPS) is 10.9. The van der Waals surface area contributed by atoms with Crippen molar-refractivity contribution in [3.05, 3.63) is 0 Å². The van der Waals surface area contributed by atoms with E-state index in [2.05, 4.69) is 51.7 Å². The van der Waals surface area contributed by atoms with E-state index in [1.165, 1.54) is 109 Å². The predicted molar refractivity (Wildman–Crippen MR) is 127 cm³/mol. The Morgan fingerprint density at radius 3 is 1.21 bits per heavy atom. The quantitative estimate of drug-likeness (QED) is 0.128. The lowest BCUT2D eigenvalue weighted by Gasteiger charge is -2.23. The minimum atomic E-state index is 0.994. The number of rotatable bonds is 18. The molecule has 0 aromatic heterocycles. The van der Waals surface area contributed by atoms with E-state index in [9.17, 15) is 0 Å². The molecule has 0 amide bonds. The fourth-order valence-corrected chi connectivity index (χ4v) is 3.42. The molecule has 0 heterocycles. The zero-order chi connectivity index (χ0) is 20.8. The average molecular weight is 389 g/mol. The van der Waals surface area contributed by atoms with E-state index in [4.69, 9.17) is 0 Å². The van der Waals surface area contributed by atoms with Crippen molar-refractivity contribution in [2.75, 3.05) is 27.7 Å². The lowest BCUT2D eigenvalue weighted by atomic mass is 10.0. The maximum atomic E-state index is 3.22. The van der Waals surface area contributed by atoms with E-state index in [0.29, 0.717) is 0 Å². The first-order valence-electron chi connectivity index (χ1n) is 12.3. The topological polar surface area (TPSA) is 0 Å². The van der Waals surface area contributed by atoms with Crippen LogP contribution in [-0.4, -0.2) is 32.2 Å². The van der Waals surface area contributed by atoms with Gasteiger partial charge in [0.2, 0.25) is 0 Å². The molecular weight excluding hydrogens is 338 g/mol. The first-order valence-corrected chi connectivity index (χ1v) is 12.3. The van der Waals surface area contributed by atoms with Gasteiger partial charge < -0.3 is 4.48 Å². The third kappa shape index (κ3) is 25.1. The number of quaternary nitrogens is 1. The van der Waals surface area contributed by atoms with Gasteiger partial charge >= 0.3 is 0 Å². The van der Waals surface area contributed by atoms with Gasteiger partial charge in [-0.05, 0) is 31.1 Å². The predicted octanol–water partition coefficient (Wildman–Crippen LogP) is 7.74. The van der Waals surface area contributed by atoms with Gasteiger partial charge in [0, 0.05) is 12.8 Å². The van der Waals surface area contributed by atoms with Crippen LogP contribution < -0.4 is 0 Å². The highest BCUT2D eigenvalue weighted by Gasteiger charge is 2.04. The molecule has 0 aliphatic rings. The maximum absolute atomic E-state index is 3.22. The Morgan fingerprint density at radius 1 is 0.464 bits per heavy atom. The van der Waals surface area contributed by atoms with Crippen LogP contribution in [0.5, 0.6) is 0 Å². The molecule has 0 aliphatic heterocycles. The van der Waals surface area contributed by atoms with Crippen molar-refractivity contribution in [1.82, 2.24) is 0 Å².